The van der Waals surface area contributed by atoms with Crippen molar-refractivity contribution in [2.75, 3.05) is 26.2 Å². The monoisotopic (exact) mass is 356 g/mol. The summed E-state index contributed by atoms with van der Waals surface area (Å²) in [7, 11) is 0. The molecule has 1 aromatic rings. The maximum absolute atomic E-state index is 12.1. The molecule has 0 unspecified atom stereocenters. The molecule has 0 aliphatic carbocycles. The van der Waals surface area contributed by atoms with E-state index in [1.54, 1.807) is 0 Å². The zero-order valence-electron chi connectivity index (χ0n) is 13.4. The van der Waals surface area contributed by atoms with Crippen molar-refractivity contribution >= 4 is 29.9 Å². The van der Waals surface area contributed by atoms with E-state index in [-0.39, 0.29) is 48.9 Å². The Balaban J connectivity index is 0.00000288. The average Bonchev–Trinajstić information content (AvgIpc) is 2.55. The van der Waals surface area contributed by atoms with Gasteiger partial charge in [-0.2, -0.15) is 0 Å². The first-order valence-corrected chi connectivity index (χ1v) is 7.52. The van der Waals surface area contributed by atoms with Crippen LogP contribution in [0.2, 0.25) is 0 Å². The van der Waals surface area contributed by atoms with Crippen molar-refractivity contribution in [2.24, 2.45) is 0 Å². The molecule has 2 amide bonds. The van der Waals surface area contributed by atoms with Crippen molar-refractivity contribution < 1.29 is 14.5 Å². The van der Waals surface area contributed by atoms with Gasteiger partial charge in [-0.1, -0.05) is 0 Å². The Bertz CT molecular complexity index is 594. The summed E-state index contributed by atoms with van der Waals surface area (Å²) in [5.41, 5.74) is 0.267. The molecule has 1 saturated heterocycles. The molecule has 1 aliphatic rings. The number of rotatable bonds is 5. The van der Waals surface area contributed by atoms with Crippen LogP contribution < -0.4 is 10.6 Å². The molecule has 2 N–H and O–H groups in total. The first-order valence-electron chi connectivity index (χ1n) is 7.52. The second-order valence-electron chi connectivity index (χ2n) is 5.45. The number of piperazine rings is 1. The fourth-order valence-corrected chi connectivity index (χ4v) is 2.47. The predicted molar refractivity (Wildman–Crippen MR) is 91.3 cm³/mol. The molecule has 1 fully saturated rings. The van der Waals surface area contributed by atoms with E-state index in [1.165, 1.54) is 24.3 Å². The molecule has 0 saturated carbocycles. The normalized spacial score (nSPS) is 16.9. The van der Waals surface area contributed by atoms with Crippen LogP contribution >= 0.6 is 12.4 Å². The first-order chi connectivity index (χ1) is 11.0. The Morgan fingerprint density at radius 2 is 2.04 bits per heavy atom. The van der Waals surface area contributed by atoms with E-state index in [2.05, 4.69) is 10.6 Å². The number of hydrogen-bond acceptors (Lipinski definition) is 5. The van der Waals surface area contributed by atoms with Gasteiger partial charge in [-0.3, -0.25) is 19.7 Å². The first kappa shape index (κ1) is 19.9. The van der Waals surface area contributed by atoms with E-state index in [0.717, 1.165) is 13.1 Å². The van der Waals surface area contributed by atoms with Crippen LogP contribution in [-0.2, 0) is 4.79 Å². The lowest BCUT2D eigenvalue weighted by molar-refractivity contribution is -0.384. The fourth-order valence-electron chi connectivity index (χ4n) is 2.47. The summed E-state index contributed by atoms with van der Waals surface area (Å²) < 4.78 is 0. The molecule has 0 bridgehead atoms. The number of nitro groups is 1. The summed E-state index contributed by atoms with van der Waals surface area (Å²) in [4.78, 5) is 35.9. The number of nitrogens with one attached hydrogen (secondary N) is 2. The highest BCUT2D eigenvalue weighted by Crippen LogP contribution is 2.11. The molecule has 24 heavy (non-hydrogen) atoms. The van der Waals surface area contributed by atoms with Gasteiger partial charge in [-0.05, 0) is 19.1 Å². The molecule has 1 aromatic carbocycles. The number of benzene rings is 1. The molecule has 8 nitrogen and oxygen atoms in total. The van der Waals surface area contributed by atoms with Crippen molar-refractivity contribution in [1.29, 1.82) is 0 Å². The number of carbonyl (C=O) groups is 2. The number of nitro benzene ring substituents is 1. The quantitative estimate of drug-likeness (QED) is 0.604. The van der Waals surface area contributed by atoms with Crippen molar-refractivity contribution in [3.05, 3.63) is 39.9 Å². The van der Waals surface area contributed by atoms with Gasteiger partial charge < -0.3 is 15.5 Å². The Labute approximate surface area is 146 Å². The fraction of sp³-hybridized carbons (Fsp3) is 0.467. The molecule has 9 heteroatoms. The van der Waals surface area contributed by atoms with Gasteiger partial charge in [0.05, 0.1) is 4.92 Å². The Hall–Kier alpha value is -2.19. The van der Waals surface area contributed by atoms with E-state index in [1.807, 2.05) is 11.8 Å². The van der Waals surface area contributed by atoms with Gasteiger partial charge in [0.25, 0.3) is 11.6 Å². The molecule has 1 atom stereocenters. The molecular formula is C15H21ClN4O4. The third kappa shape index (κ3) is 5.17. The summed E-state index contributed by atoms with van der Waals surface area (Å²) in [6, 6.07) is 5.51. The molecule has 0 spiro atoms. The second-order valence-corrected chi connectivity index (χ2v) is 5.45. The maximum atomic E-state index is 12.1. The summed E-state index contributed by atoms with van der Waals surface area (Å²) in [6.45, 7) is 4.47. The van der Waals surface area contributed by atoms with E-state index in [9.17, 15) is 19.7 Å². The SMILES string of the molecule is C[C@@H]1CNCCN1C(=O)CCNC(=O)c1ccc([N+](=O)[O-])cc1.Cl. The summed E-state index contributed by atoms with van der Waals surface area (Å²) >= 11 is 0. The number of hydrogen-bond donors (Lipinski definition) is 2. The van der Waals surface area contributed by atoms with Crippen LogP contribution in [0.15, 0.2) is 24.3 Å². The number of halogens is 1. The number of carbonyl (C=O) groups excluding carboxylic acids is 2. The molecule has 2 rings (SSSR count). The minimum absolute atomic E-state index is 0. The zero-order chi connectivity index (χ0) is 16.8. The van der Waals surface area contributed by atoms with Crippen LogP contribution in [0.3, 0.4) is 0 Å². The summed E-state index contributed by atoms with van der Waals surface area (Å²) in [5.74, 6) is -0.330. The van der Waals surface area contributed by atoms with Crippen LogP contribution in [0.1, 0.15) is 23.7 Å². The van der Waals surface area contributed by atoms with Gasteiger partial charge in [0.15, 0.2) is 0 Å². The van der Waals surface area contributed by atoms with Crippen molar-refractivity contribution in [3.8, 4) is 0 Å². The standard InChI is InChI=1S/C15H20N4O4.ClH/c1-11-10-16-8-9-18(11)14(20)6-7-17-15(21)12-2-4-13(5-3-12)19(22)23;/h2-5,11,16H,6-10H2,1H3,(H,17,21);1H/t11-;/m1./s1. The van der Waals surface area contributed by atoms with E-state index in [4.69, 9.17) is 0 Å². The van der Waals surface area contributed by atoms with Crippen LogP contribution in [0.5, 0.6) is 0 Å². The lowest BCUT2D eigenvalue weighted by Crippen LogP contribution is -2.52. The second kappa shape index (κ2) is 9.19. The zero-order valence-corrected chi connectivity index (χ0v) is 14.2. The lowest BCUT2D eigenvalue weighted by Gasteiger charge is -2.34. The third-order valence-electron chi connectivity index (χ3n) is 3.79. The average molecular weight is 357 g/mol. The van der Waals surface area contributed by atoms with Crippen molar-refractivity contribution in [2.45, 2.75) is 19.4 Å². The van der Waals surface area contributed by atoms with Crippen LogP contribution in [0.4, 0.5) is 5.69 Å². The molecule has 0 aromatic heterocycles. The lowest BCUT2D eigenvalue weighted by atomic mass is 10.2. The third-order valence-corrected chi connectivity index (χ3v) is 3.79. The molecule has 0 radical (unpaired) electrons. The molecule has 132 valence electrons. The highest BCUT2D eigenvalue weighted by molar-refractivity contribution is 5.94. The maximum Gasteiger partial charge on any atom is 0.269 e. The van der Waals surface area contributed by atoms with Crippen LogP contribution in [0.25, 0.3) is 0 Å². The Morgan fingerprint density at radius 1 is 1.38 bits per heavy atom. The molecule has 1 aliphatic heterocycles. The predicted octanol–water partition coefficient (Wildman–Crippen LogP) is 0.957. The highest BCUT2D eigenvalue weighted by atomic mass is 35.5. The smallest absolute Gasteiger partial charge is 0.269 e. The van der Waals surface area contributed by atoms with Crippen molar-refractivity contribution in [1.82, 2.24) is 15.5 Å². The van der Waals surface area contributed by atoms with E-state index >= 15 is 0 Å². The van der Waals surface area contributed by atoms with Gasteiger partial charge in [0.1, 0.15) is 0 Å². The number of amides is 2. The largest absolute Gasteiger partial charge is 0.352 e. The molecular weight excluding hydrogens is 336 g/mol. The topological polar surface area (TPSA) is 105 Å². The highest BCUT2D eigenvalue weighted by Gasteiger charge is 2.22. The van der Waals surface area contributed by atoms with Gasteiger partial charge in [0, 0.05) is 56.3 Å². The van der Waals surface area contributed by atoms with Gasteiger partial charge in [0.2, 0.25) is 5.91 Å². The minimum atomic E-state index is -0.519. The van der Waals surface area contributed by atoms with Crippen LogP contribution in [0, 0.1) is 10.1 Å². The van der Waals surface area contributed by atoms with Gasteiger partial charge in [-0.25, -0.2) is 0 Å². The number of nitrogens with zero attached hydrogens (tertiary/aromatic N) is 2. The summed E-state index contributed by atoms with van der Waals surface area (Å²) in [5, 5.41) is 16.4. The van der Waals surface area contributed by atoms with Crippen molar-refractivity contribution in [3.63, 3.8) is 0 Å². The van der Waals surface area contributed by atoms with E-state index < -0.39 is 4.92 Å². The number of non-ortho nitro benzene ring substituents is 1. The van der Waals surface area contributed by atoms with E-state index in [0.29, 0.717) is 12.1 Å². The Morgan fingerprint density at radius 3 is 2.62 bits per heavy atom. The van der Waals surface area contributed by atoms with Gasteiger partial charge in [-0.15, -0.1) is 12.4 Å². The van der Waals surface area contributed by atoms with Gasteiger partial charge >= 0.3 is 0 Å². The van der Waals surface area contributed by atoms with Crippen LogP contribution in [-0.4, -0.2) is 53.9 Å². The summed E-state index contributed by atoms with van der Waals surface area (Å²) in [6.07, 6.45) is 0.239. The molecule has 1 heterocycles. The minimum Gasteiger partial charge on any atom is -0.352 e. The Kier molecular flexibility index (Phi) is 7.60.